The zero-order chi connectivity index (χ0) is 10.2. The summed E-state index contributed by atoms with van der Waals surface area (Å²) >= 11 is 0. The Hall–Kier alpha value is -0.650. The average molecular weight is 203 g/mol. The molecular weight excluding hydrogens is 186 g/mol. The summed E-state index contributed by atoms with van der Waals surface area (Å²) in [5.74, 6) is -0.938. The highest BCUT2D eigenvalue weighted by Crippen LogP contribution is 2.06. The molecule has 1 fully saturated rings. The highest BCUT2D eigenvalue weighted by molar-refractivity contribution is 5.67. The van der Waals surface area contributed by atoms with Gasteiger partial charge in [-0.1, -0.05) is 0 Å². The van der Waals surface area contributed by atoms with Gasteiger partial charge in [0.25, 0.3) is 0 Å². The summed E-state index contributed by atoms with van der Waals surface area (Å²) in [6.07, 6.45) is 2.36. The van der Waals surface area contributed by atoms with E-state index in [9.17, 15) is 4.79 Å². The molecule has 0 aromatic rings. The van der Waals surface area contributed by atoms with Crippen molar-refractivity contribution in [1.29, 1.82) is 0 Å². The summed E-state index contributed by atoms with van der Waals surface area (Å²) in [7, 11) is 0. The molecule has 1 saturated heterocycles. The van der Waals surface area contributed by atoms with Gasteiger partial charge in [-0.2, -0.15) is 0 Å². The van der Waals surface area contributed by atoms with Gasteiger partial charge in [0.1, 0.15) is 6.61 Å². The Labute approximate surface area is 83.4 Å². The molecule has 0 aliphatic carbocycles. The maximum absolute atomic E-state index is 10.1. The third kappa shape index (κ3) is 5.16. The van der Waals surface area contributed by atoms with E-state index in [4.69, 9.17) is 14.6 Å². The molecule has 0 unspecified atom stereocenters. The highest BCUT2D eigenvalue weighted by Gasteiger charge is 2.12. The maximum atomic E-state index is 10.1. The van der Waals surface area contributed by atoms with Crippen molar-refractivity contribution in [2.24, 2.45) is 0 Å². The second-order valence-electron chi connectivity index (χ2n) is 3.27. The summed E-state index contributed by atoms with van der Waals surface area (Å²) in [6.45, 7) is 2.60. The molecular formula is C9H17NO4. The van der Waals surface area contributed by atoms with E-state index < -0.39 is 5.97 Å². The molecule has 82 valence electrons. The monoisotopic (exact) mass is 203 g/mol. The third-order valence-corrected chi connectivity index (χ3v) is 2.09. The molecule has 0 amide bonds. The number of hydrogen-bond donors (Lipinski definition) is 2. The Bertz CT molecular complexity index is 168. The van der Waals surface area contributed by atoms with E-state index in [2.05, 4.69) is 5.32 Å². The molecule has 0 aromatic carbocycles. The molecule has 0 bridgehead atoms. The van der Waals surface area contributed by atoms with Crippen LogP contribution in [0.2, 0.25) is 0 Å². The summed E-state index contributed by atoms with van der Waals surface area (Å²) in [6, 6.07) is 0. The van der Waals surface area contributed by atoms with Crippen LogP contribution in [-0.2, 0) is 14.3 Å². The SMILES string of the molecule is O=C(O)COCCOC1CCNCC1. The molecule has 14 heavy (non-hydrogen) atoms. The first-order valence-corrected chi connectivity index (χ1v) is 4.91. The summed E-state index contributed by atoms with van der Waals surface area (Å²) in [5.41, 5.74) is 0. The molecule has 5 nitrogen and oxygen atoms in total. The first-order chi connectivity index (χ1) is 6.79. The largest absolute Gasteiger partial charge is 0.480 e. The molecule has 0 atom stereocenters. The van der Waals surface area contributed by atoms with E-state index in [1.54, 1.807) is 0 Å². The zero-order valence-corrected chi connectivity index (χ0v) is 8.20. The number of carbonyl (C=O) groups is 1. The van der Waals surface area contributed by atoms with E-state index in [0.717, 1.165) is 25.9 Å². The molecule has 1 aliphatic heterocycles. The number of nitrogens with one attached hydrogen (secondary N) is 1. The van der Waals surface area contributed by atoms with Crippen LogP contribution in [0, 0.1) is 0 Å². The van der Waals surface area contributed by atoms with Crippen LogP contribution in [-0.4, -0.2) is 50.1 Å². The highest BCUT2D eigenvalue weighted by atomic mass is 16.5. The van der Waals surface area contributed by atoms with E-state index >= 15 is 0 Å². The summed E-state index contributed by atoms with van der Waals surface area (Å²) < 4.78 is 10.4. The normalized spacial score (nSPS) is 18.3. The predicted octanol–water partition coefficient (Wildman–Crippen LogP) is -0.144. The van der Waals surface area contributed by atoms with Crippen LogP contribution < -0.4 is 5.32 Å². The number of aliphatic carboxylic acids is 1. The number of ether oxygens (including phenoxy) is 2. The van der Waals surface area contributed by atoms with Crippen LogP contribution in [0.5, 0.6) is 0 Å². The van der Waals surface area contributed by atoms with Crippen molar-refractivity contribution in [3.8, 4) is 0 Å². The van der Waals surface area contributed by atoms with Crippen molar-refractivity contribution < 1.29 is 19.4 Å². The van der Waals surface area contributed by atoms with Crippen molar-refractivity contribution >= 4 is 5.97 Å². The van der Waals surface area contributed by atoms with Gasteiger partial charge in [0.15, 0.2) is 0 Å². The molecule has 1 aliphatic rings. The second kappa shape index (κ2) is 6.75. The lowest BCUT2D eigenvalue weighted by atomic mass is 10.1. The third-order valence-electron chi connectivity index (χ3n) is 2.09. The minimum atomic E-state index is -0.938. The number of carboxylic acid groups (broad SMARTS) is 1. The lowest BCUT2D eigenvalue weighted by molar-refractivity contribution is -0.143. The van der Waals surface area contributed by atoms with Crippen molar-refractivity contribution in [1.82, 2.24) is 5.32 Å². The molecule has 0 aromatic heterocycles. The van der Waals surface area contributed by atoms with Gasteiger partial charge in [-0.3, -0.25) is 0 Å². The van der Waals surface area contributed by atoms with Crippen molar-refractivity contribution in [2.45, 2.75) is 18.9 Å². The minimum absolute atomic E-state index is 0.240. The van der Waals surface area contributed by atoms with Crippen LogP contribution >= 0.6 is 0 Å². The zero-order valence-electron chi connectivity index (χ0n) is 8.20. The van der Waals surface area contributed by atoms with Gasteiger partial charge < -0.3 is 19.9 Å². The van der Waals surface area contributed by atoms with Crippen LogP contribution in [0.3, 0.4) is 0 Å². The van der Waals surface area contributed by atoms with E-state index in [1.165, 1.54) is 0 Å². The Morgan fingerprint density at radius 1 is 1.36 bits per heavy atom. The van der Waals surface area contributed by atoms with E-state index in [0.29, 0.717) is 19.3 Å². The first kappa shape index (κ1) is 11.4. The Balaban J connectivity index is 1.90. The van der Waals surface area contributed by atoms with Gasteiger partial charge in [-0.15, -0.1) is 0 Å². The van der Waals surface area contributed by atoms with E-state index in [1.807, 2.05) is 0 Å². The van der Waals surface area contributed by atoms with Gasteiger partial charge in [0, 0.05) is 0 Å². The van der Waals surface area contributed by atoms with Gasteiger partial charge in [0.2, 0.25) is 0 Å². The van der Waals surface area contributed by atoms with E-state index in [-0.39, 0.29) is 6.61 Å². The van der Waals surface area contributed by atoms with Gasteiger partial charge in [-0.05, 0) is 25.9 Å². The first-order valence-electron chi connectivity index (χ1n) is 4.91. The number of piperidine rings is 1. The Kier molecular flexibility index (Phi) is 5.51. The fourth-order valence-electron chi connectivity index (χ4n) is 1.40. The second-order valence-corrected chi connectivity index (χ2v) is 3.27. The molecule has 0 spiro atoms. The number of rotatable bonds is 6. The number of hydrogen-bond acceptors (Lipinski definition) is 4. The molecule has 2 N–H and O–H groups in total. The van der Waals surface area contributed by atoms with Crippen molar-refractivity contribution in [2.75, 3.05) is 32.9 Å². The lowest BCUT2D eigenvalue weighted by Crippen LogP contribution is -2.33. The predicted molar refractivity (Wildman–Crippen MR) is 50.3 cm³/mol. The van der Waals surface area contributed by atoms with Crippen molar-refractivity contribution in [3.63, 3.8) is 0 Å². The topological polar surface area (TPSA) is 67.8 Å². The van der Waals surface area contributed by atoms with Crippen LogP contribution in [0.1, 0.15) is 12.8 Å². The molecule has 0 radical (unpaired) electrons. The van der Waals surface area contributed by atoms with Crippen molar-refractivity contribution in [3.05, 3.63) is 0 Å². The summed E-state index contributed by atoms with van der Waals surface area (Å²) in [4.78, 5) is 10.1. The van der Waals surface area contributed by atoms with Gasteiger partial charge in [0.05, 0.1) is 19.3 Å². The van der Waals surface area contributed by atoms with Gasteiger partial charge in [-0.25, -0.2) is 4.79 Å². The summed E-state index contributed by atoms with van der Waals surface area (Å²) in [5, 5.41) is 11.5. The lowest BCUT2D eigenvalue weighted by Gasteiger charge is -2.22. The smallest absolute Gasteiger partial charge is 0.329 e. The Morgan fingerprint density at radius 2 is 2.07 bits per heavy atom. The van der Waals surface area contributed by atoms with Gasteiger partial charge >= 0.3 is 5.97 Å². The maximum Gasteiger partial charge on any atom is 0.329 e. The van der Waals surface area contributed by atoms with Crippen LogP contribution in [0.25, 0.3) is 0 Å². The molecule has 5 heteroatoms. The molecule has 1 rings (SSSR count). The quantitative estimate of drug-likeness (QED) is 0.588. The fourth-order valence-corrected chi connectivity index (χ4v) is 1.40. The fraction of sp³-hybridized carbons (Fsp3) is 0.889. The minimum Gasteiger partial charge on any atom is -0.480 e. The average Bonchev–Trinajstić information content (AvgIpc) is 2.18. The molecule has 1 heterocycles. The van der Waals surface area contributed by atoms with Crippen LogP contribution in [0.15, 0.2) is 0 Å². The van der Waals surface area contributed by atoms with Crippen LogP contribution in [0.4, 0.5) is 0 Å². The Morgan fingerprint density at radius 3 is 2.71 bits per heavy atom. The standard InChI is InChI=1S/C9H17NO4/c11-9(12)7-13-5-6-14-8-1-3-10-4-2-8/h8,10H,1-7H2,(H,11,12). The molecule has 0 saturated carbocycles. The number of carboxylic acids is 1.